The van der Waals surface area contributed by atoms with Crippen LogP contribution in [-0.4, -0.2) is 37.5 Å². The summed E-state index contributed by atoms with van der Waals surface area (Å²) in [5.41, 5.74) is 2.09. The van der Waals surface area contributed by atoms with Crippen LogP contribution in [0.2, 0.25) is 0 Å². The number of nitrogens with zero attached hydrogens (tertiary/aromatic N) is 1. The Morgan fingerprint density at radius 3 is 3.00 bits per heavy atom. The minimum atomic E-state index is 0.0904. The zero-order valence-corrected chi connectivity index (χ0v) is 9.44. The highest BCUT2D eigenvalue weighted by atomic mass is 16.1. The number of likely N-dealkylation sites (tertiary alicyclic amines) is 1. The van der Waals surface area contributed by atoms with Gasteiger partial charge < -0.3 is 10.2 Å². The lowest BCUT2D eigenvalue weighted by Crippen LogP contribution is -2.29. The van der Waals surface area contributed by atoms with Crippen molar-refractivity contribution in [2.24, 2.45) is 5.92 Å². The van der Waals surface area contributed by atoms with Crippen LogP contribution in [0, 0.1) is 5.92 Å². The molecule has 0 saturated carbocycles. The van der Waals surface area contributed by atoms with Gasteiger partial charge in [-0.3, -0.25) is 4.79 Å². The summed E-state index contributed by atoms with van der Waals surface area (Å²) < 4.78 is 0. The average molecular weight is 216 g/mol. The highest BCUT2D eigenvalue weighted by Crippen LogP contribution is 2.35. The standard InChI is InChI=1S/C13H16N2O/c1-15-7-9-6-14-13(16)11-5-3-2-4-10(11)12(9)8-15/h2-5,9,12H,6-8H2,1H3,(H,14,16)/t9-,12-/m1/s1. The molecule has 0 bridgehead atoms. The maximum atomic E-state index is 11.9. The fourth-order valence-corrected chi connectivity index (χ4v) is 2.99. The Morgan fingerprint density at radius 1 is 1.31 bits per heavy atom. The van der Waals surface area contributed by atoms with Gasteiger partial charge in [-0.1, -0.05) is 18.2 Å². The maximum absolute atomic E-state index is 11.9. The summed E-state index contributed by atoms with van der Waals surface area (Å²) in [5.74, 6) is 1.17. The Bertz CT molecular complexity index is 430. The molecule has 1 amide bonds. The van der Waals surface area contributed by atoms with E-state index in [1.54, 1.807) is 0 Å². The molecule has 16 heavy (non-hydrogen) atoms. The number of fused-ring (bicyclic) bond motifs is 3. The van der Waals surface area contributed by atoms with Gasteiger partial charge in [0, 0.05) is 31.1 Å². The fourth-order valence-electron chi connectivity index (χ4n) is 2.99. The third-order valence-corrected chi connectivity index (χ3v) is 3.75. The Hall–Kier alpha value is -1.35. The quantitative estimate of drug-likeness (QED) is 0.703. The van der Waals surface area contributed by atoms with Gasteiger partial charge in [-0.2, -0.15) is 0 Å². The molecule has 1 aromatic carbocycles. The van der Waals surface area contributed by atoms with Gasteiger partial charge >= 0.3 is 0 Å². The fraction of sp³-hybridized carbons (Fsp3) is 0.462. The SMILES string of the molecule is CN1C[C@H]2CNC(=O)c3ccccc3[C@@H]2C1. The molecule has 0 aromatic heterocycles. The number of carbonyl (C=O) groups excluding carboxylic acids is 1. The van der Waals surface area contributed by atoms with E-state index in [-0.39, 0.29) is 5.91 Å². The van der Waals surface area contributed by atoms with Crippen molar-refractivity contribution >= 4 is 5.91 Å². The molecule has 84 valence electrons. The van der Waals surface area contributed by atoms with Crippen molar-refractivity contribution in [3.63, 3.8) is 0 Å². The topological polar surface area (TPSA) is 32.3 Å². The lowest BCUT2D eigenvalue weighted by atomic mass is 9.87. The Morgan fingerprint density at radius 2 is 2.12 bits per heavy atom. The summed E-state index contributed by atoms with van der Waals surface area (Å²) in [5, 5.41) is 3.03. The highest BCUT2D eigenvalue weighted by molar-refractivity contribution is 5.96. The van der Waals surface area contributed by atoms with Gasteiger partial charge in [-0.25, -0.2) is 0 Å². The first-order valence-electron chi connectivity index (χ1n) is 5.81. The average Bonchev–Trinajstić information content (AvgIpc) is 2.62. The van der Waals surface area contributed by atoms with Crippen LogP contribution in [0.4, 0.5) is 0 Å². The first kappa shape index (κ1) is 9.85. The van der Waals surface area contributed by atoms with Crippen LogP contribution >= 0.6 is 0 Å². The first-order valence-corrected chi connectivity index (χ1v) is 5.81. The molecule has 0 unspecified atom stereocenters. The lowest BCUT2D eigenvalue weighted by molar-refractivity contribution is 0.0951. The lowest BCUT2D eigenvalue weighted by Gasteiger charge is -2.15. The number of likely N-dealkylation sites (N-methyl/N-ethyl adjacent to an activating group) is 1. The van der Waals surface area contributed by atoms with Crippen LogP contribution in [0.25, 0.3) is 0 Å². The van der Waals surface area contributed by atoms with Crippen molar-refractivity contribution in [2.75, 3.05) is 26.7 Å². The minimum Gasteiger partial charge on any atom is -0.352 e. The van der Waals surface area contributed by atoms with E-state index < -0.39 is 0 Å². The van der Waals surface area contributed by atoms with Gasteiger partial charge in [-0.15, -0.1) is 0 Å². The van der Waals surface area contributed by atoms with Gasteiger partial charge in [0.05, 0.1) is 0 Å². The summed E-state index contributed by atoms with van der Waals surface area (Å²) in [6.07, 6.45) is 0. The monoisotopic (exact) mass is 216 g/mol. The molecule has 2 aliphatic rings. The van der Waals surface area contributed by atoms with Crippen molar-refractivity contribution in [3.05, 3.63) is 35.4 Å². The van der Waals surface area contributed by atoms with Gasteiger partial charge in [0.15, 0.2) is 0 Å². The van der Waals surface area contributed by atoms with E-state index in [4.69, 9.17) is 0 Å². The summed E-state index contributed by atoms with van der Waals surface area (Å²) >= 11 is 0. The number of benzene rings is 1. The van der Waals surface area contributed by atoms with E-state index in [9.17, 15) is 4.79 Å². The maximum Gasteiger partial charge on any atom is 0.251 e. The first-order chi connectivity index (χ1) is 7.75. The van der Waals surface area contributed by atoms with Crippen molar-refractivity contribution in [1.29, 1.82) is 0 Å². The molecule has 0 radical (unpaired) electrons. The second kappa shape index (κ2) is 3.59. The predicted molar refractivity (Wildman–Crippen MR) is 62.5 cm³/mol. The number of rotatable bonds is 0. The molecule has 1 aromatic rings. The van der Waals surface area contributed by atoms with Crippen LogP contribution in [0.15, 0.2) is 24.3 Å². The minimum absolute atomic E-state index is 0.0904. The summed E-state index contributed by atoms with van der Waals surface area (Å²) in [6, 6.07) is 8.02. The molecule has 2 heterocycles. The molecule has 1 saturated heterocycles. The molecule has 1 N–H and O–H groups in total. The van der Waals surface area contributed by atoms with E-state index >= 15 is 0 Å². The third-order valence-electron chi connectivity index (χ3n) is 3.75. The van der Waals surface area contributed by atoms with Gasteiger partial charge in [0.2, 0.25) is 0 Å². The molecular formula is C13H16N2O. The molecule has 1 fully saturated rings. The molecular weight excluding hydrogens is 200 g/mol. The third kappa shape index (κ3) is 1.43. The van der Waals surface area contributed by atoms with Crippen molar-refractivity contribution in [1.82, 2.24) is 10.2 Å². The normalized spacial score (nSPS) is 29.2. The van der Waals surface area contributed by atoms with Crippen molar-refractivity contribution in [2.45, 2.75) is 5.92 Å². The number of amides is 1. The highest BCUT2D eigenvalue weighted by Gasteiger charge is 2.36. The van der Waals surface area contributed by atoms with E-state index in [2.05, 4.69) is 23.3 Å². The van der Waals surface area contributed by atoms with Crippen LogP contribution in [0.1, 0.15) is 21.8 Å². The Kier molecular flexibility index (Phi) is 2.21. The van der Waals surface area contributed by atoms with Crippen molar-refractivity contribution < 1.29 is 4.79 Å². The predicted octanol–water partition coefficient (Wildman–Crippen LogP) is 1.08. The second-order valence-electron chi connectivity index (χ2n) is 4.89. The summed E-state index contributed by atoms with van der Waals surface area (Å²) in [4.78, 5) is 14.2. The van der Waals surface area contributed by atoms with E-state index in [1.165, 1.54) is 5.56 Å². The number of hydrogen-bond donors (Lipinski definition) is 1. The number of nitrogens with one attached hydrogen (secondary N) is 1. The second-order valence-corrected chi connectivity index (χ2v) is 4.89. The Balaban J connectivity index is 2.08. The van der Waals surface area contributed by atoms with E-state index in [0.717, 1.165) is 25.2 Å². The van der Waals surface area contributed by atoms with Crippen LogP contribution < -0.4 is 5.32 Å². The van der Waals surface area contributed by atoms with Gasteiger partial charge in [0.1, 0.15) is 0 Å². The molecule has 3 nitrogen and oxygen atoms in total. The van der Waals surface area contributed by atoms with Crippen LogP contribution in [0.3, 0.4) is 0 Å². The van der Waals surface area contributed by atoms with Crippen LogP contribution in [-0.2, 0) is 0 Å². The molecule has 0 spiro atoms. The smallest absolute Gasteiger partial charge is 0.251 e. The largest absolute Gasteiger partial charge is 0.352 e. The van der Waals surface area contributed by atoms with Gasteiger partial charge in [-0.05, 0) is 24.6 Å². The van der Waals surface area contributed by atoms with Gasteiger partial charge in [0.25, 0.3) is 5.91 Å². The number of carbonyl (C=O) groups is 1. The molecule has 2 atom stereocenters. The number of hydrogen-bond acceptors (Lipinski definition) is 2. The summed E-state index contributed by atoms with van der Waals surface area (Å²) in [6.45, 7) is 2.96. The zero-order chi connectivity index (χ0) is 11.1. The molecule has 2 aliphatic heterocycles. The van der Waals surface area contributed by atoms with Crippen molar-refractivity contribution in [3.8, 4) is 0 Å². The summed E-state index contributed by atoms with van der Waals surface area (Å²) in [7, 11) is 2.15. The van der Waals surface area contributed by atoms with E-state index in [1.807, 2.05) is 18.2 Å². The molecule has 0 aliphatic carbocycles. The Labute approximate surface area is 95.4 Å². The zero-order valence-electron chi connectivity index (χ0n) is 9.44. The molecule has 3 rings (SSSR count). The molecule has 3 heteroatoms. The van der Waals surface area contributed by atoms with E-state index in [0.29, 0.717) is 11.8 Å². The van der Waals surface area contributed by atoms with Crippen LogP contribution in [0.5, 0.6) is 0 Å².